The zero-order chi connectivity index (χ0) is 16.2. The molecule has 2 amide bonds. The van der Waals surface area contributed by atoms with E-state index in [0.717, 1.165) is 25.5 Å². The molecule has 1 aromatic carbocycles. The summed E-state index contributed by atoms with van der Waals surface area (Å²) >= 11 is 5.86. The second kappa shape index (κ2) is 6.97. The minimum atomic E-state index is -0.477. The highest BCUT2D eigenvalue weighted by Gasteiger charge is 2.16. The third-order valence-corrected chi connectivity index (χ3v) is 3.80. The van der Waals surface area contributed by atoms with Crippen LogP contribution in [0.25, 0.3) is 0 Å². The largest absolute Gasteiger partial charge is 0.376 e. The summed E-state index contributed by atoms with van der Waals surface area (Å²) in [6.45, 7) is 1.45. The van der Waals surface area contributed by atoms with Crippen LogP contribution in [0.5, 0.6) is 0 Å². The molecule has 1 saturated heterocycles. The normalized spacial score (nSPS) is 17.2. The van der Waals surface area contributed by atoms with Gasteiger partial charge in [-0.15, -0.1) is 0 Å². The Kier molecular flexibility index (Phi) is 4.78. The number of urea groups is 1. The molecule has 2 heterocycles. The molecule has 0 unspecified atom stereocenters. The van der Waals surface area contributed by atoms with Gasteiger partial charge in [-0.25, -0.2) is 9.18 Å². The highest BCUT2D eigenvalue weighted by Crippen LogP contribution is 2.22. The maximum absolute atomic E-state index is 13.0. The first-order valence-corrected chi connectivity index (χ1v) is 7.65. The number of hydrogen-bond donors (Lipinski definition) is 2. The molecule has 23 heavy (non-hydrogen) atoms. The molecule has 1 aromatic heterocycles. The number of hydrogen-bond acceptors (Lipinski definition) is 3. The lowest BCUT2D eigenvalue weighted by molar-refractivity contribution is 0.0940. The molecular weight excluding hydrogens is 323 g/mol. The van der Waals surface area contributed by atoms with Gasteiger partial charge in [0.05, 0.1) is 35.2 Å². The van der Waals surface area contributed by atoms with Crippen molar-refractivity contribution < 1.29 is 13.9 Å². The van der Waals surface area contributed by atoms with Crippen LogP contribution < -0.4 is 10.6 Å². The van der Waals surface area contributed by atoms with E-state index >= 15 is 0 Å². The lowest BCUT2D eigenvalue weighted by Crippen LogP contribution is -2.19. The summed E-state index contributed by atoms with van der Waals surface area (Å²) in [6, 6.07) is 3.28. The van der Waals surface area contributed by atoms with Crippen LogP contribution in [0, 0.1) is 5.82 Å². The summed E-state index contributed by atoms with van der Waals surface area (Å²) in [5.41, 5.74) is 0.885. The molecule has 2 aromatic rings. The van der Waals surface area contributed by atoms with E-state index in [4.69, 9.17) is 16.3 Å². The van der Waals surface area contributed by atoms with Gasteiger partial charge in [0.25, 0.3) is 0 Å². The third kappa shape index (κ3) is 4.20. The van der Waals surface area contributed by atoms with Crippen molar-refractivity contribution in [3.63, 3.8) is 0 Å². The van der Waals surface area contributed by atoms with Crippen molar-refractivity contribution in [3.05, 3.63) is 41.4 Å². The summed E-state index contributed by atoms with van der Waals surface area (Å²) in [5, 5.41) is 9.53. The number of nitrogens with one attached hydrogen (secondary N) is 2. The lowest BCUT2D eigenvalue weighted by atomic mass is 10.2. The molecule has 0 aliphatic carbocycles. The molecule has 0 spiro atoms. The molecular formula is C15H16ClFN4O2. The van der Waals surface area contributed by atoms with E-state index in [9.17, 15) is 9.18 Å². The highest BCUT2D eigenvalue weighted by molar-refractivity contribution is 6.33. The molecule has 122 valence electrons. The van der Waals surface area contributed by atoms with Crippen LogP contribution in [0.1, 0.15) is 12.8 Å². The van der Waals surface area contributed by atoms with Gasteiger partial charge in [0, 0.05) is 12.8 Å². The molecule has 2 N–H and O–H groups in total. The van der Waals surface area contributed by atoms with Crippen molar-refractivity contribution in [2.75, 3.05) is 17.2 Å². The Balaban J connectivity index is 1.56. The molecule has 1 fully saturated rings. The van der Waals surface area contributed by atoms with Gasteiger partial charge in [-0.3, -0.25) is 4.68 Å². The van der Waals surface area contributed by atoms with Gasteiger partial charge in [-0.1, -0.05) is 11.6 Å². The van der Waals surface area contributed by atoms with E-state index < -0.39 is 11.8 Å². The third-order valence-electron chi connectivity index (χ3n) is 3.49. The van der Waals surface area contributed by atoms with E-state index in [0.29, 0.717) is 17.9 Å². The van der Waals surface area contributed by atoms with E-state index in [1.807, 2.05) is 0 Å². The van der Waals surface area contributed by atoms with Gasteiger partial charge in [0.2, 0.25) is 0 Å². The van der Waals surface area contributed by atoms with Crippen molar-refractivity contribution in [3.8, 4) is 0 Å². The van der Waals surface area contributed by atoms with Gasteiger partial charge in [-0.05, 0) is 31.0 Å². The van der Waals surface area contributed by atoms with Crippen molar-refractivity contribution in [1.82, 2.24) is 9.78 Å². The molecule has 1 aliphatic heterocycles. The second-order valence-corrected chi connectivity index (χ2v) is 5.70. The number of benzene rings is 1. The van der Waals surface area contributed by atoms with Crippen molar-refractivity contribution >= 4 is 29.0 Å². The van der Waals surface area contributed by atoms with Gasteiger partial charge in [-0.2, -0.15) is 5.10 Å². The number of anilines is 2. The van der Waals surface area contributed by atoms with Crippen LogP contribution in [0.3, 0.4) is 0 Å². The minimum absolute atomic E-state index is 0.134. The van der Waals surface area contributed by atoms with Crippen molar-refractivity contribution in [2.45, 2.75) is 25.5 Å². The molecule has 1 atom stereocenters. The Bertz CT molecular complexity index is 701. The molecule has 0 radical (unpaired) electrons. The number of aromatic nitrogens is 2. The molecule has 0 bridgehead atoms. The molecule has 3 rings (SSSR count). The number of carbonyl (C=O) groups excluding carboxylic acids is 1. The predicted molar refractivity (Wildman–Crippen MR) is 85.3 cm³/mol. The van der Waals surface area contributed by atoms with Crippen molar-refractivity contribution in [2.24, 2.45) is 0 Å². The Morgan fingerprint density at radius 3 is 3.09 bits per heavy atom. The fourth-order valence-corrected chi connectivity index (χ4v) is 2.61. The zero-order valence-electron chi connectivity index (χ0n) is 12.3. The van der Waals surface area contributed by atoms with E-state index in [1.54, 1.807) is 17.1 Å². The average molecular weight is 339 g/mol. The quantitative estimate of drug-likeness (QED) is 0.896. The number of amides is 2. The van der Waals surface area contributed by atoms with Gasteiger partial charge >= 0.3 is 6.03 Å². The first-order valence-electron chi connectivity index (χ1n) is 7.27. The SMILES string of the molecule is O=C(Nc1cnn(C[C@@H]2CCCO2)c1)Nc1ccc(F)cc1Cl. The second-order valence-electron chi connectivity index (χ2n) is 5.29. The highest BCUT2D eigenvalue weighted by atomic mass is 35.5. The summed E-state index contributed by atoms with van der Waals surface area (Å²) in [6.07, 6.45) is 5.55. The number of halogens is 2. The standard InChI is InChI=1S/C15H16ClFN4O2/c16-13-6-10(17)3-4-14(13)20-15(22)19-11-7-18-21(8-11)9-12-2-1-5-23-12/h3-4,6-8,12H,1-2,5,9H2,(H2,19,20,22)/t12-/m0/s1. The van der Waals surface area contributed by atoms with Crippen LogP contribution in [-0.2, 0) is 11.3 Å². The van der Waals surface area contributed by atoms with Crippen LogP contribution >= 0.6 is 11.6 Å². The van der Waals surface area contributed by atoms with Crippen LogP contribution in [0.4, 0.5) is 20.6 Å². The van der Waals surface area contributed by atoms with Gasteiger partial charge < -0.3 is 15.4 Å². The van der Waals surface area contributed by atoms with Gasteiger partial charge in [0.1, 0.15) is 5.82 Å². The molecule has 0 saturated carbocycles. The van der Waals surface area contributed by atoms with Crippen LogP contribution in [0.2, 0.25) is 5.02 Å². The molecule has 1 aliphatic rings. The summed E-state index contributed by atoms with van der Waals surface area (Å²) in [5.74, 6) is -0.462. The first-order chi connectivity index (χ1) is 11.1. The fourth-order valence-electron chi connectivity index (χ4n) is 2.40. The van der Waals surface area contributed by atoms with E-state index in [2.05, 4.69) is 15.7 Å². The van der Waals surface area contributed by atoms with Gasteiger partial charge in [0.15, 0.2) is 0 Å². The Labute approximate surface area is 137 Å². The summed E-state index contributed by atoms with van der Waals surface area (Å²) in [4.78, 5) is 11.9. The Morgan fingerprint density at radius 2 is 2.35 bits per heavy atom. The van der Waals surface area contributed by atoms with E-state index in [-0.39, 0.29) is 11.1 Å². The molecule has 8 heteroatoms. The number of ether oxygens (including phenoxy) is 1. The Morgan fingerprint density at radius 1 is 1.48 bits per heavy atom. The van der Waals surface area contributed by atoms with E-state index in [1.165, 1.54) is 12.1 Å². The maximum Gasteiger partial charge on any atom is 0.323 e. The fraction of sp³-hybridized carbons (Fsp3) is 0.333. The smallest absolute Gasteiger partial charge is 0.323 e. The zero-order valence-corrected chi connectivity index (χ0v) is 13.0. The average Bonchev–Trinajstić information content (AvgIpc) is 3.15. The topological polar surface area (TPSA) is 68.2 Å². The van der Waals surface area contributed by atoms with Crippen LogP contribution in [0.15, 0.2) is 30.6 Å². The maximum atomic E-state index is 13.0. The Hall–Kier alpha value is -2.12. The first kappa shape index (κ1) is 15.8. The number of rotatable bonds is 4. The van der Waals surface area contributed by atoms with Crippen molar-refractivity contribution in [1.29, 1.82) is 0 Å². The summed E-state index contributed by atoms with van der Waals surface area (Å²) < 4.78 is 20.2. The molecule has 6 nitrogen and oxygen atoms in total. The minimum Gasteiger partial charge on any atom is -0.376 e. The monoisotopic (exact) mass is 338 g/mol. The predicted octanol–water partition coefficient (Wildman–Crippen LogP) is 3.50. The van der Waals surface area contributed by atoms with Crippen LogP contribution in [-0.4, -0.2) is 28.5 Å². The number of carbonyl (C=O) groups is 1. The summed E-state index contributed by atoms with van der Waals surface area (Å²) in [7, 11) is 0. The lowest BCUT2D eigenvalue weighted by Gasteiger charge is -2.09. The number of nitrogens with zero attached hydrogens (tertiary/aromatic N) is 2.